The minimum Gasteiger partial charge on any atom is -0.508 e. The van der Waals surface area contributed by atoms with E-state index in [4.69, 9.17) is 4.74 Å². The average Bonchev–Trinajstić information content (AvgIpc) is 2.93. The Bertz CT molecular complexity index is 639. The molecule has 1 atom stereocenters. The largest absolute Gasteiger partial charge is 0.508 e. The number of benzene rings is 2. The maximum atomic E-state index is 10.0. The van der Waals surface area contributed by atoms with Crippen molar-refractivity contribution in [1.82, 2.24) is 4.90 Å². The number of hydrogen-bond donors (Lipinski definition) is 1. The lowest BCUT2D eigenvalue weighted by atomic mass is 10.1. The number of phenols is 1. The third-order valence-corrected chi connectivity index (χ3v) is 4.34. The van der Waals surface area contributed by atoms with Crippen LogP contribution in [-0.2, 0) is 13.0 Å². The van der Waals surface area contributed by atoms with E-state index in [1.54, 1.807) is 19.2 Å². The Morgan fingerprint density at radius 3 is 2.86 bits per heavy atom. The quantitative estimate of drug-likeness (QED) is 0.932. The lowest BCUT2D eigenvalue weighted by molar-refractivity contribution is 0.233. The zero-order valence-electron chi connectivity index (χ0n) is 12.5. The van der Waals surface area contributed by atoms with E-state index in [9.17, 15) is 5.11 Å². The summed E-state index contributed by atoms with van der Waals surface area (Å²) >= 11 is 0. The number of phenolic OH excluding ortho intramolecular Hbond substituents is 1. The molecule has 0 heterocycles. The van der Waals surface area contributed by atoms with E-state index in [0.29, 0.717) is 18.3 Å². The van der Waals surface area contributed by atoms with E-state index in [1.807, 2.05) is 6.07 Å². The Balaban J connectivity index is 1.80. The molecule has 1 unspecified atom stereocenters. The lowest BCUT2D eigenvalue weighted by Gasteiger charge is -2.25. The highest BCUT2D eigenvalue weighted by Gasteiger charge is 2.25. The van der Waals surface area contributed by atoms with Crippen LogP contribution < -0.4 is 4.74 Å². The van der Waals surface area contributed by atoms with Crippen molar-refractivity contribution >= 4 is 0 Å². The number of nitrogens with zero attached hydrogens (tertiary/aromatic N) is 1. The molecule has 21 heavy (non-hydrogen) atoms. The minimum absolute atomic E-state index is 0.328. The number of methoxy groups -OCH3 is 1. The van der Waals surface area contributed by atoms with Gasteiger partial charge in [-0.3, -0.25) is 4.90 Å². The summed E-state index contributed by atoms with van der Waals surface area (Å²) in [5, 5.41) is 10.0. The summed E-state index contributed by atoms with van der Waals surface area (Å²) in [4.78, 5) is 2.31. The summed E-state index contributed by atoms with van der Waals surface area (Å²) in [6.07, 6.45) is 2.27. The molecule has 2 aromatic rings. The van der Waals surface area contributed by atoms with Gasteiger partial charge in [0.25, 0.3) is 0 Å². The van der Waals surface area contributed by atoms with Gasteiger partial charge in [-0.05, 0) is 49.2 Å². The summed E-state index contributed by atoms with van der Waals surface area (Å²) in [5.41, 5.74) is 3.77. The summed E-state index contributed by atoms with van der Waals surface area (Å²) < 4.78 is 5.24. The van der Waals surface area contributed by atoms with Crippen molar-refractivity contribution in [3.63, 3.8) is 0 Å². The molecule has 0 fully saturated rings. The van der Waals surface area contributed by atoms with E-state index in [1.165, 1.54) is 11.1 Å². The molecule has 0 bridgehead atoms. The molecule has 1 aliphatic rings. The molecule has 3 rings (SSSR count). The Labute approximate surface area is 125 Å². The van der Waals surface area contributed by atoms with Gasteiger partial charge < -0.3 is 9.84 Å². The number of ether oxygens (including phenoxy) is 1. The molecule has 110 valence electrons. The first-order valence-electron chi connectivity index (χ1n) is 7.33. The molecule has 0 radical (unpaired) electrons. The molecule has 3 nitrogen and oxygen atoms in total. The predicted molar refractivity (Wildman–Crippen MR) is 83.6 cm³/mol. The Kier molecular flexibility index (Phi) is 3.84. The van der Waals surface area contributed by atoms with Gasteiger partial charge in [0.05, 0.1) is 7.11 Å². The van der Waals surface area contributed by atoms with Gasteiger partial charge in [-0.15, -0.1) is 0 Å². The number of rotatable bonds is 4. The van der Waals surface area contributed by atoms with Crippen LogP contribution >= 0.6 is 0 Å². The van der Waals surface area contributed by atoms with Crippen molar-refractivity contribution in [2.24, 2.45) is 0 Å². The lowest BCUT2D eigenvalue weighted by Crippen LogP contribution is -2.22. The van der Waals surface area contributed by atoms with Gasteiger partial charge in [-0.2, -0.15) is 0 Å². The van der Waals surface area contributed by atoms with Gasteiger partial charge in [0.15, 0.2) is 0 Å². The van der Waals surface area contributed by atoms with Crippen LogP contribution in [0.1, 0.15) is 29.2 Å². The summed E-state index contributed by atoms with van der Waals surface area (Å²) in [7, 11) is 3.76. The standard InChI is InChI=1S/C18H21NO2/c1-19(12-14-11-15(21-2)8-10-18(14)20)17-9-7-13-5-3-4-6-16(13)17/h3-6,8,10-11,17,20H,7,9,12H2,1-2H3. The molecule has 0 spiro atoms. The molecular weight excluding hydrogens is 262 g/mol. The fourth-order valence-electron chi connectivity index (χ4n) is 3.19. The van der Waals surface area contributed by atoms with Crippen molar-refractivity contribution in [3.8, 4) is 11.5 Å². The second-order valence-electron chi connectivity index (χ2n) is 5.66. The van der Waals surface area contributed by atoms with Gasteiger partial charge in [-0.25, -0.2) is 0 Å². The number of aryl methyl sites for hydroxylation is 1. The van der Waals surface area contributed by atoms with E-state index < -0.39 is 0 Å². The number of hydrogen-bond acceptors (Lipinski definition) is 3. The maximum Gasteiger partial charge on any atom is 0.120 e. The highest BCUT2D eigenvalue weighted by Crippen LogP contribution is 2.36. The van der Waals surface area contributed by atoms with Gasteiger partial charge >= 0.3 is 0 Å². The second-order valence-corrected chi connectivity index (χ2v) is 5.66. The number of aromatic hydroxyl groups is 1. The molecule has 0 aromatic heterocycles. The monoisotopic (exact) mass is 283 g/mol. The average molecular weight is 283 g/mol. The predicted octanol–water partition coefficient (Wildman–Crippen LogP) is 3.52. The molecule has 1 aliphatic carbocycles. The third-order valence-electron chi connectivity index (χ3n) is 4.34. The van der Waals surface area contributed by atoms with Gasteiger partial charge in [0, 0.05) is 18.2 Å². The Hall–Kier alpha value is -2.00. The first kappa shape index (κ1) is 14.0. The number of fused-ring (bicyclic) bond motifs is 1. The fourth-order valence-corrected chi connectivity index (χ4v) is 3.19. The van der Waals surface area contributed by atoms with Crippen LogP contribution in [0.2, 0.25) is 0 Å². The van der Waals surface area contributed by atoms with Crippen LogP contribution in [0.5, 0.6) is 11.5 Å². The molecule has 0 saturated heterocycles. The van der Waals surface area contributed by atoms with Crippen LogP contribution in [0.3, 0.4) is 0 Å². The van der Waals surface area contributed by atoms with Crippen molar-refractivity contribution in [1.29, 1.82) is 0 Å². The van der Waals surface area contributed by atoms with Gasteiger partial charge in [-0.1, -0.05) is 24.3 Å². The summed E-state index contributed by atoms with van der Waals surface area (Å²) in [5.74, 6) is 1.11. The molecule has 2 aromatic carbocycles. The van der Waals surface area contributed by atoms with E-state index in [2.05, 4.69) is 36.2 Å². The van der Waals surface area contributed by atoms with Crippen LogP contribution in [0.25, 0.3) is 0 Å². The topological polar surface area (TPSA) is 32.7 Å². The first-order valence-corrected chi connectivity index (χ1v) is 7.33. The Morgan fingerprint density at radius 1 is 1.24 bits per heavy atom. The SMILES string of the molecule is COc1ccc(O)c(CN(C)C2CCc3ccccc32)c1. The maximum absolute atomic E-state index is 10.0. The highest BCUT2D eigenvalue weighted by molar-refractivity contribution is 5.40. The van der Waals surface area contributed by atoms with Gasteiger partial charge in [0.1, 0.15) is 11.5 Å². The van der Waals surface area contributed by atoms with Crippen molar-refractivity contribution in [2.75, 3.05) is 14.2 Å². The molecule has 3 heteroatoms. The molecule has 1 N–H and O–H groups in total. The second kappa shape index (κ2) is 5.78. The summed E-state index contributed by atoms with van der Waals surface area (Å²) in [6, 6.07) is 14.5. The smallest absolute Gasteiger partial charge is 0.120 e. The molecular formula is C18H21NO2. The van der Waals surface area contributed by atoms with Gasteiger partial charge in [0.2, 0.25) is 0 Å². The fraction of sp³-hybridized carbons (Fsp3) is 0.333. The van der Waals surface area contributed by atoms with E-state index >= 15 is 0 Å². The minimum atomic E-state index is 0.328. The van der Waals surface area contributed by atoms with Crippen molar-refractivity contribution in [2.45, 2.75) is 25.4 Å². The summed E-state index contributed by atoms with van der Waals surface area (Å²) in [6.45, 7) is 0.710. The molecule has 0 saturated carbocycles. The van der Waals surface area contributed by atoms with E-state index in [0.717, 1.165) is 24.2 Å². The highest BCUT2D eigenvalue weighted by atomic mass is 16.5. The normalized spacial score (nSPS) is 17.0. The third kappa shape index (κ3) is 2.74. The molecule has 0 aliphatic heterocycles. The van der Waals surface area contributed by atoms with Crippen LogP contribution in [0.15, 0.2) is 42.5 Å². The van der Waals surface area contributed by atoms with Crippen LogP contribution in [-0.4, -0.2) is 24.2 Å². The first-order chi connectivity index (χ1) is 10.2. The Morgan fingerprint density at radius 2 is 2.05 bits per heavy atom. The van der Waals surface area contributed by atoms with Crippen molar-refractivity contribution < 1.29 is 9.84 Å². The molecule has 0 amide bonds. The zero-order valence-corrected chi connectivity index (χ0v) is 12.5. The van der Waals surface area contributed by atoms with Crippen LogP contribution in [0, 0.1) is 0 Å². The van der Waals surface area contributed by atoms with Crippen molar-refractivity contribution in [3.05, 3.63) is 59.2 Å². The van der Waals surface area contributed by atoms with E-state index in [-0.39, 0.29) is 0 Å². The zero-order chi connectivity index (χ0) is 14.8. The van der Waals surface area contributed by atoms with Crippen LogP contribution in [0.4, 0.5) is 0 Å².